The molecule has 6 heteroatoms. The third-order valence-corrected chi connectivity index (χ3v) is 2.90. The van der Waals surface area contributed by atoms with Gasteiger partial charge in [-0.3, -0.25) is 4.79 Å². The zero-order valence-corrected chi connectivity index (χ0v) is 13.4. The van der Waals surface area contributed by atoms with Crippen LogP contribution in [-0.2, 0) is 4.74 Å². The minimum atomic E-state index is -0.177. The van der Waals surface area contributed by atoms with Crippen molar-refractivity contribution >= 4 is 11.9 Å². The summed E-state index contributed by atoms with van der Waals surface area (Å²) in [6.07, 6.45) is 1.82. The van der Waals surface area contributed by atoms with E-state index in [9.17, 15) is 4.79 Å². The third kappa shape index (κ3) is 7.04. The van der Waals surface area contributed by atoms with E-state index in [1.165, 1.54) is 0 Å². The van der Waals surface area contributed by atoms with E-state index in [-0.39, 0.29) is 5.91 Å². The fourth-order valence-electron chi connectivity index (χ4n) is 1.75. The highest BCUT2D eigenvalue weighted by molar-refractivity contribution is 5.92. The van der Waals surface area contributed by atoms with Crippen molar-refractivity contribution in [3.05, 3.63) is 17.5 Å². The smallest absolute Gasteiger partial charge is 0.270 e. The predicted molar refractivity (Wildman–Crippen MR) is 83.5 cm³/mol. The molecule has 0 fully saturated rings. The third-order valence-electron chi connectivity index (χ3n) is 2.90. The van der Waals surface area contributed by atoms with Gasteiger partial charge in [0.05, 0.1) is 0 Å². The average molecular weight is 294 g/mol. The number of anilines is 1. The molecule has 21 heavy (non-hydrogen) atoms. The maximum atomic E-state index is 12.0. The SMILES string of the molecule is COCCCNC(=O)c1cc(C)nc(NCCC(C)C)n1. The van der Waals surface area contributed by atoms with Crippen LogP contribution in [0.4, 0.5) is 5.95 Å². The number of amides is 1. The molecule has 0 unspecified atom stereocenters. The number of carbonyl (C=O) groups excluding carboxylic acids is 1. The number of rotatable bonds is 9. The molecule has 0 atom stereocenters. The van der Waals surface area contributed by atoms with Gasteiger partial charge in [0.25, 0.3) is 5.91 Å². The summed E-state index contributed by atoms with van der Waals surface area (Å²) in [6, 6.07) is 1.69. The topological polar surface area (TPSA) is 76.1 Å². The Morgan fingerprint density at radius 3 is 2.76 bits per heavy atom. The number of hydrogen-bond donors (Lipinski definition) is 2. The molecular formula is C15H26N4O2. The molecule has 0 aliphatic heterocycles. The zero-order valence-electron chi connectivity index (χ0n) is 13.4. The first-order valence-corrected chi connectivity index (χ1v) is 7.39. The first-order valence-electron chi connectivity index (χ1n) is 7.39. The molecule has 2 N–H and O–H groups in total. The molecule has 0 spiro atoms. The summed E-state index contributed by atoms with van der Waals surface area (Å²) in [5, 5.41) is 5.99. The number of aryl methyl sites for hydroxylation is 1. The van der Waals surface area contributed by atoms with Crippen molar-refractivity contribution in [2.45, 2.75) is 33.6 Å². The molecule has 1 rings (SSSR count). The lowest BCUT2D eigenvalue weighted by molar-refractivity contribution is 0.0943. The highest BCUT2D eigenvalue weighted by atomic mass is 16.5. The zero-order chi connectivity index (χ0) is 15.7. The van der Waals surface area contributed by atoms with Gasteiger partial charge < -0.3 is 15.4 Å². The van der Waals surface area contributed by atoms with Crippen LogP contribution in [0.3, 0.4) is 0 Å². The van der Waals surface area contributed by atoms with Crippen molar-refractivity contribution in [3.63, 3.8) is 0 Å². The van der Waals surface area contributed by atoms with E-state index >= 15 is 0 Å². The van der Waals surface area contributed by atoms with Gasteiger partial charge in [0.15, 0.2) is 0 Å². The summed E-state index contributed by atoms with van der Waals surface area (Å²) in [5.74, 6) is 0.951. The van der Waals surface area contributed by atoms with Gasteiger partial charge in [0.2, 0.25) is 5.95 Å². The Hall–Kier alpha value is -1.69. The molecule has 0 aromatic carbocycles. The van der Waals surface area contributed by atoms with Crippen LogP contribution in [0.5, 0.6) is 0 Å². The van der Waals surface area contributed by atoms with Crippen LogP contribution in [0.25, 0.3) is 0 Å². The lowest BCUT2D eigenvalue weighted by atomic mass is 10.1. The van der Waals surface area contributed by atoms with Gasteiger partial charge in [-0.15, -0.1) is 0 Å². The summed E-state index contributed by atoms with van der Waals surface area (Å²) >= 11 is 0. The normalized spacial score (nSPS) is 10.7. The Bertz CT molecular complexity index is 449. The van der Waals surface area contributed by atoms with Gasteiger partial charge in [-0.05, 0) is 31.7 Å². The first kappa shape index (κ1) is 17.4. The van der Waals surface area contributed by atoms with Crippen LogP contribution in [-0.4, -0.2) is 42.7 Å². The lowest BCUT2D eigenvalue weighted by Crippen LogP contribution is -2.26. The number of ether oxygens (including phenoxy) is 1. The minimum Gasteiger partial charge on any atom is -0.385 e. The molecule has 1 aromatic rings. The molecule has 0 radical (unpaired) electrons. The Balaban J connectivity index is 2.57. The molecule has 0 saturated heterocycles. The fraction of sp³-hybridized carbons (Fsp3) is 0.667. The van der Waals surface area contributed by atoms with Crippen LogP contribution in [0.2, 0.25) is 0 Å². The lowest BCUT2D eigenvalue weighted by Gasteiger charge is -2.09. The number of nitrogens with one attached hydrogen (secondary N) is 2. The molecule has 0 saturated carbocycles. The molecule has 1 heterocycles. The number of carbonyl (C=O) groups is 1. The maximum absolute atomic E-state index is 12.0. The van der Waals surface area contributed by atoms with Crippen molar-refractivity contribution in [1.29, 1.82) is 0 Å². The summed E-state index contributed by atoms with van der Waals surface area (Å²) in [5.41, 5.74) is 1.17. The van der Waals surface area contributed by atoms with E-state index in [1.54, 1.807) is 13.2 Å². The molecule has 118 valence electrons. The Morgan fingerprint density at radius 2 is 2.10 bits per heavy atom. The second-order valence-electron chi connectivity index (χ2n) is 5.43. The monoisotopic (exact) mass is 294 g/mol. The van der Waals surface area contributed by atoms with Gasteiger partial charge >= 0.3 is 0 Å². The molecule has 0 aliphatic rings. The van der Waals surface area contributed by atoms with Crippen LogP contribution in [0, 0.1) is 12.8 Å². The van der Waals surface area contributed by atoms with E-state index in [1.807, 2.05) is 6.92 Å². The van der Waals surface area contributed by atoms with Gasteiger partial charge in [0, 0.05) is 32.5 Å². The highest BCUT2D eigenvalue weighted by Gasteiger charge is 2.10. The quantitative estimate of drug-likeness (QED) is 0.681. The van der Waals surface area contributed by atoms with Crippen molar-refractivity contribution in [2.24, 2.45) is 5.92 Å². The number of aromatic nitrogens is 2. The van der Waals surface area contributed by atoms with Crippen LogP contribution < -0.4 is 10.6 Å². The first-order chi connectivity index (χ1) is 10.0. The van der Waals surface area contributed by atoms with Crippen molar-refractivity contribution in [1.82, 2.24) is 15.3 Å². The minimum absolute atomic E-state index is 0.177. The van der Waals surface area contributed by atoms with Gasteiger partial charge in [0.1, 0.15) is 5.69 Å². The number of methoxy groups -OCH3 is 1. The Morgan fingerprint density at radius 1 is 1.33 bits per heavy atom. The van der Waals surface area contributed by atoms with Gasteiger partial charge in [-0.2, -0.15) is 0 Å². The summed E-state index contributed by atoms with van der Waals surface area (Å²) in [6.45, 7) is 8.19. The van der Waals surface area contributed by atoms with Crippen molar-refractivity contribution in [3.8, 4) is 0 Å². The second-order valence-corrected chi connectivity index (χ2v) is 5.43. The highest BCUT2D eigenvalue weighted by Crippen LogP contribution is 2.06. The van der Waals surface area contributed by atoms with E-state index < -0.39 is 0 Å². The van der Waals surface area contributed by atoms with Gasteiger partial charge in [-0.25, -0.2) is 9.97 Å². The summed E-state index contributed by atoms with van der Waals surface area (Å²) < 4.78 is 4.94. The molecule has 6 nitrogen and oxygen atoms in total. The predicted octanol–water partition coefficient (Wildman–Crippen LogP) is 2.01. The Labute approximate surface area is 126 Å². The number of nitrogens with zero attached hydrogens (tertiary/aromatic N) is 2. The van der Waals surface area contributed by atoms with Crippen molar-refractivity contribution < 1.29 is 9.53 Å². The molecule has 1 amide bonds. The van der Waals surface area contributed by atoms with Crippen LogP contribution in [0.1, 0.15) is 42.9 Å². The van der Waals surface area contributed by atoms with E-state index in [2.05, 4.69) is 34.4 Å². The molecular weight excluding hydrogens is 268 g/mol. The standard InChI is InChI=1S/C15H26N4O2/c1-11(2)6-8-17-15-18-12(3)10-13(19-15)14(20)16-7-5-9-21-4/h10-11H,5-9H2,1-4H3,(H,16,20)(H,17,18,19). The largest absolute Gasteiger partial charge is 0.385 e. The summed E-state index contributed by atoms with van der Waals surface area (Å²) in [4.78, 5) is 20.6. The van der Waals surface area contributed by atoms with Crippen LogP contribution in [0.15, 0.2) is 6.07 Å². The fourth-order valence-corrected chi connectivity index (χ4v) is 1.75. The molecule has 1 aromatic heterocycles. The molecule has 0 aliphatic carbocycles. The Kier molecular flexibility index (Phi) is 7.68. The van der Waals surface area contributed by atoms with Gasteiger partial charge in [-0.1, -0.05) is 13.8 Å². The maximum Gasteiger partial charge on any atom is 0.270 e. The average Bonchev–Trinajstić information content (AvgIpc) is 2.42. The molecule has 0 bridgehead atoms. The van der Waals surface area contributed by atoms with E-state index in [4.69, 9.17) is 4.74 Å². The summed E-state index contributed by atoms with van der Waals surface area (Å²) in [7, 11) is 1.64. The van der Waals surface area contributed by atoms with Crippen LogP contribution >= 0.6 is 0 Å². The van der Waals surface area contributed by atoms with E-state index in [0.717, 1.165) is 25.1 Å². The van der Waals surface area contributed by atoms with E-state index in [0.29, 0.717) is 30.7 Å². The number of hydrogen-bond acceptors (Lipinski definition) is 5. The van der Waals surface area contributed by atoms with Crippen molar-refractivity contribution in [2.75, 3.05) is 32.1 Å². The second kappa shape index (κ2) is 9.28.